The van der Waals surface area contributed by atoms with Crippen molar-refractivity contribution in [2.45, 2.75) is 83.8 Å². The van der Waals surface area contributed by atoms with Crippen LogP contribution in [0.4, 0.5) is 0 Å². The number of carboxylic acid groups (broad SMARTS) is 1. The van der Waals surface area contributed by atoms with Crippen LogP contribution in [0.3, 0.4) is 0 Å². The molecule has 9 nitrogen and oxygen atoms in total. The number of carbonyl (C=O) groups excluding carboxylic acids is 1. The molecule has 2 N–H and O–H groups in total. The van der Waals surface area contributed by atoms with Gasteiger partial charge in [-0.2, -0.15) is 5.10 Å². The molecule has 0 radical (unpaired) electrons. The molecule has 0 spiro atoms. The van der Waals surface area contributed by atoms with Gasteiger partial charge in [-0.3, -0.25) is 4.79 Å². The number of hydrogen-bond acceptors (Lipinski definition) is 6. The Morgan fingerprint density at radius 2 is 1.78 bits per heavy atom. The van der Waals surface area contributed by atoms with E-state index in [-0.39, 0.29) is 17.6 Å². The molecule has 9 heteroatoms. The second-order valence-corrected chi connectivity index (χ2v) is 12.2. The van der Waals surface area contributed by atoms with Crippen molar-refractivity contribution in [2.75, 3.05) is 13.1 Å². The maximum atomic E-state index is 12.5. The number of pyridine rings is 1. The molecule has 3 heterocycles. The molecule has 2 aromatic carbocycles. The molecule has 6 rings (SSSR count). The van der Waals surface area contributed by atoms with Gasteiger partial charge in [0.2, 0.25) is 0 Å². The van der Waals surface area contributed by atoms with Gasteiger partial charge in [-0.1, -0.05) is 51.1 Å². The zero-order valence-electron chi connectivity index (χ0n) is 26.8. The van der Waals surface area contributed by atoms with Crippen LogP contribution in [0.5, 0.6) is 5.75 Å². The number of rotatable bonds is 10. The maximum absolute atomic E-state index is 12.5. The molecule has 1 saturated heterocycles. The lowest BCUT2D eigenvalue weighted by atomic mass is 9.85. The number of piperidine rings is 1. The average Bonchev–Trinajstić information content (AvgIpc) is 3.72. The summed E-state index contributed by atoms with van der Waals surface area (Å²) in [4.78, 5) is 30.9. The number of aromatic nitrogens is 3. The van der Waals surface area contributed by atoms with Gasteiger partial charge in [-0.05, 0) is 91.8 Å². The molecule has 2 aliphatic rings. The molecule has 4 aromatic rings. The summed E-state index contributed by atoms with van der Waals surface area (Å²) in [5.74, 6) is 0.648. The summed E-state index contributed by atoms with van der Waals surface area (Å²) in [7, 11) is 0. The molecule has 0 unspecified atom stereocenters. The first-order valence-electron chi connectivity index (χ1n) is 16.5. The molecular weight excluding hydrogens is 580 g/mol. The predicted octanol–water partition coefficient (Wildman–Crippen LogP) is 6.30. The van der Waals surface area contributed by atoms with Crippen molar-refractivity contribution in [2.24, 2.45) is 0 Å². The normalized spacial score (nSPS) is 17.1. The predicted molar refractivity (Wildman–Crippen MR) is 175 cm³/mol. The first-order chi connectivity index (χ1) is 22.3. The zero-order chi connectivity index (χ0) is 32.4. The Morgan fingerprint density at radius 3 is 2.50 bits per heavy atom. The van der Waals surface area contributed by atoms with Crippen LogP contribution in [0.1, 0.15) is 96.8 Å². The second-order valence-electron chi connectivity index (χ2n) is 12.2. The molecule has 0 saturated carbocycles. The van der Waals surface area contributed by atoms with Gasteiger partial charge in [-0.15, -0.1) is 0 Å². The third kappa shape index (κ3) is 6.03. The van der Waals surface area contributed by atoms with Crippen molar-refractivity contribution in [1.82, 2.24) is 19.7 Å². The van der Waals surface area contributed by atoms with Crippen molar-refractivity contribution in [3.05, 3.63) is 94.3 Å². The number of carboxylic acids is 1. The Hall–Kier alpha value is -4.50. The fraction of sp³-hybridized carbons (Fsp3) is 0.405. The van der Waals surface area contributed by atoms with Crippen LogP contribution >= 0.6 is 0 Å². The van der Waals surface area contributed by atoms with Crippen LogP contribution in [-0.4, -0.2) is 60.9 Å². The molecule has 1 fully saturated rings. The number of aliphatic hydroxyl groups excluding tert-OH is 1. The Balaban J connectivity index is 1.23. The van der Waals surface area contributed by atoms with Gasteiger partial charge in [0.05, 0.1) is 17.6 Å². The lowest BCUT2D eigenvalue weighted by molar-refractivity contribution is -0.141. The lowest BCUT2D eigenvalue weighted by Crippen LogP contribution is -2.43. The quantitative estimate of drug-likeness (QED) is 0.213. The molecule has 0 bridgehead atoms. The molecule has 1 aliphatic heterocycles. The Kier molecular flexibility index (Phi) is 9.22. The van der Waals surface area contributed by atoms with E-state index in [1.54, 1.807) is 9.58 Å². The van der Waals surface area contributed by atoms with Crippen LogP contribution in [0.25, 0.3) is 17.1 Å². The molecule has 2 atom stereocenters. The van der Waals surface area contributed by atoms with Gasteiger partial charge in [-0.25, -0.2) is 14.5 Å². The summed E-state index contributed by atoms with van der Waals surface area (Å²) in [6.45, 7) is 7.25. The average molecular weight is 623 g/mol. The van der Waals surface area contributed by atoms with Crippen molar-refractivity contribution in [3.8, 4) is 22.8 Å². The standard InChI is InChI=1S/C37H42N4O5/c1-4-23-21-26(14-15-27(23)24-17-19-40(20-18-24)36(43)32(42)6-3)46-33-16-13-25-9-7-10-28(35(25)33)30-11-8-12-34(39-30)41-31(5-2)29(22-38-41)37(44)45/h7-12,14-15,21-22,24,32-33,42H,4-6,13,16-20H2,1-3H3,(H,44,45)/t32-,33-/m0/s1. The zero-order valence-corrected chi connectivity index (χ0v) is 26.8. The number of likely N-dealkylation sites (tertiary alicyclic amines) is 1. The third-order valence-electron chi connectivity index (χ3n) is 9.55. The number of ether oxygens (including phenoxy) is 1. The van der Waals surface area contributed by atoms with E-state index < -0.39 is 12.1 Å². The molecule has 46 heavy (non-hydrogen) atoms. The molecule has 1 amide bonds. The summed E-state index contributed by atoms with van der Waals surface area (Å²) in [5.41, 5.74) is 7.58. The second kappa shape index (κ2) is 13.5. The van der Waals surface area contributed by atoms with Crippen molar-refractivity contribution >= 4 is 11.9 Å². The molecule has 1 aliphatic carbocycles. The van der Waals surface area contributed by atoms with E-state index in [4.69, 9.17) is 9.72 Å². The van der Waals surface area contributed by atoms with Crippen LogP contribution in [0.2, 0.25) is 0 Å². The lowest BCUT2D eigenvalue weighted by Gasteiger charge is -2.34. The highest BCUT2D eigenvalue weighted by molar-refractivity contribution is 5.88. The van der Waals surface area contributed by atoms with Crippen molar-refractivity contribution in [3.63, 3.8) is 0 Å². The number of nitrogens with zero attached hydrogens (tertiary/aromatic N) is 4. The van der Waals surface area contributed by atoms with Gasteiger partial charge < -0.3 is 19.8 Å². The molecular formula is C37H42N4O5. The number of aryl methyl sites for hydroxylation is 2. The fourth-order valence-corrected chi connectivity index (χ4v) is 7.09. The van der Waals surface area contributed by atoms with E-state index >= 15 is 0 Å². The van der Waals surface area contributed by atoms with Crippen LogP contribution in [0, 0.1) is 0 Å². The Bertz CT molecular complexity index is 1740. The first kappa shape index (κ1) is 31.5. The van der Waals surface area contributed by atoms with Crippen molar-refractivity contribution < 1.29 is 24.5 Å². The Labute approximate surface area is 269 Å². The molecule has 240 valence electrons. The highest BCUT2D eigenvalue weighted by Crippen LogP contribution is 2.42. The number of aliphatic hydroxyl groups is 1. The summed E-state index contributed by atoms with van der Waals surface area (Å²) in [6.07, 6.45) is 5.76. The SMILES string of the molecule is CCc1cc(O[C@H]2CCc3cccc(-c4cccc(-n5ncc(C(=O)O)c5CC)n4)c32)ccc1C1CCN(C(=O)[C@@H](O)CC)CC1. The number of fused-ring (bicyclic) bond motifs is 1. The highest BCUT2D eigenvalue weighted by Gasteiger charge is 2.30. The minimum absolute atomic E-state index is 0.124. The van der Waals surface area contributed by atoms with Gasteiger partial charge in [0.25, 0.3) is 5.91 Å². The van der Waals surface area contributed by atoms with Gasteiger partial charge in [0.15, 0.2) is 5.82 Å². The largest absolute Gasteiger partial charge is 0.486 e. The Morgan fingerprint density at radius 1 is 1.00 bits per heavy atom. The number of hydrogen-bond donors (Lipinski definition) is 2. The van der Waals surface area contributed by atoms with E-state index in [1.165, 1.54) is 22.9 Å². The third-order valence-corrected chi connectivity index (χ3v) is 9.55. The van der Waals surface area contributed by atoms with E-state index in [2.05, 4.69) is 48.4 Å². The van der Waals surface area contributed by atoms with E-state index in [0.717, 1.165) is 54.7 Å². The van der Waals surface area contributed by atoms with E-state index in [9.17, 15) is 19.8 Å². The first-order valence-corrected chi connectivity index (χ1v) is 16.5. The number of carbonyl (C=O) groups is 2. The molecule has 2 aromatic heterocycles. The smallest absolute Gasteiger partial charge is 0.339 e. The van der Waals surface area contributed by atoms with E-state index in [1.807, 2.05) is 32.0 Å². The fourth-order valence-electron chi connectivity index (χ4n) is 7.09. The summed E-state index contributed by atoms with van der Waals surface area (Å²) in [5, 5.41) is 24.0. The van der Waals surface area contributed by atoms with Crippen LogP contribution < -0.4 is 4.74 Å². The van der Waals surface area contributed by atoms with Crippen molar-refractivity contribution in [1.29, 1.82) is 0 Å². The van der Waals surface area contributed by atoms with Gasteiger partial charge in [0, 0.05) is 24.2 Å². The van der Waals surface area contributed by atoms with Gasteiger partial charge in [0.1, 0.15) is 23.5 Å². The van der Waals surface area contributed by atoms with E-state index in [0.29, 0.717) is 43.4 Å². The summed E-state index contributed by atoms with van der Waals surface area (Å²) in [6, 6.07) is 18.5. The minimum Gasteiger partial charge on any atom is -0.486 e. The van der Waals surface area contributed by atoms with Crippen LogP contribution in [-0.2, 0) is 24.1 Å². The highest BCUT2D eigenvalue weighted by atomic mass is 16.5. The number of aromatic carboxylic acids is 1. The van der Waals surface area contributed by atoms with Gasteiger partial charge >= 0.3 is 5.97 Å². The topological polar surface area (TPSA) is 118 Å². The summed E-state index contributed by atoms with van der Waals surface area (Å²) < 4.78 is 8.35. The van der Waals surface area contributed by atoms with Crippen LogP contribution in [0.15, 0.2) is 60.8 Å². The monoisotopic (exact) mass is 622 g/mol. The minimum atomic E-state index is -0.996. The maximum Gasteiger partial charge on any atom is 0.339 e. The number of amides is 1. The number of benzene rings is 2. The summed E-state index contributed by atoms with van der Waals surface area (Å²) >= 11 is 0.